The lowest BCUT2D eigenvalue weighted by atomic mass is 10.1. The predicted octanol–water partition coefficient (Wildman–Crippen LogP) is 2.61. The fourth-order valence-electron chi connectivity index (χ4n) is 1.69. The molecule has 0 N–H and O–H groups in total. The summed E-state index contributed by atoms with van der Waals surface area (Å²) < 4.78 is 5.31. The van der Waals surface area contributed by atoms with Crippen LogP contribution in [0.25, 0.3) is 11.3 Å². The van der Waals surface area contributed by atoms with E-state index in [4.69, 9.17) is 10.00 Å². The maximum atomic E-state index is 8.57. The third-order valence-corrected chi connectivity index (χ3v) is 2.55. The van der Waals surface area contributed by atoms with Gasteiger partial charge in [0.2, 0.25) is 0 Å². The van der Waals surface area contributed by atoms with Crippen molar-refractivity contribution in [3.05, 3.63) is 42.4 Å². The van der Waals surface area contributed by atoms with Crippen LogP contribution in [0.3, 0.4) is 0 Å². The molecule has 0 aliphatic heterocycles. The van der Waals surface area contributed by atoms with Crippen molar-refractivity contribution >= 4 is 0 Å². The van der Waals surface area contributed by atoms with Crippen molar-refractivity contribution in [2.24, 2.45) is 0 Å². The molecule has 0 bridgehead atoms. The largest absolute Gasteiger partial charge is 0.496 e. The van der Waals surface area contributed by atoms with E-state index in [-0.39, 0.29) is 0 Å². The van der Waals surface area contributed by atoms with E-state index >= 15 is 0 Å². The van der Waals surface area contributed by atoms with Crippen molar-refractivity contribution in [3.8, 4) is 23.1 Å². The monoisotopic (exact) mass is 239 g/mol. The van der Waals surface area contributed by atoms with Gasteiger partial charge >= 0.3 is 0 Å². The fourth-order valence-corrected chi connectivity index (χ4v) is 1.69. The molecule has 0 aliphatic carbocycles. The molecule has 0 unspecified atom stereocenters. The lowest BCUT2D eigenvalue weighted by Crippen LogP contribution is -1.97. The first-order valence-electron chi connectivity index (χ1n) is 5.67. The van der Waals surface area contributed by atoms with Gasteiger partial charge in [-0.2, -0.15) is 5.26 Å². The first kappa shape index (κ1) is 12.1. The average Bonchev–Trinajstić information content (AvgIpc) is 2.45. The molecular weight excluding hydrogens is 226 g/mol. The molecule has 18 heavy (non-hydrogen) atoms. The summed E-state index contributed by atoms with van der Waals surface area (Å²) in [6, 6.07) is 11.6. The number of aryl methyl sites for hydroxylation is 1. The van der Waals surface area contributed by atoms with Crippen molar-refractivity contribution in [3.63, 3.8) is 0 Å². The first-order chi connectivity index (χ1) is 8.85. The third kappa shape index (κ3) is 2.64. The quantitative estimate of drug-likeness (QED) is 0.822. The second-order valence-electron chi connectivity index (χ2n) is 3.72. The van der Waals surface area contributed by atoms with Gasteiger partial charge in [0.25, 0.3) is 0 Å². The number of rotatable bonds is 4. The molecule has 2 aromatic rings. The highest BCUT2D eigenvalue weighted by atomic mass is 16.5. The molecule has 0 saturated carbocycles. The van der Waals surface area contributed by atoms with Crippen molar-refractivity contribution in [2.75, 3.05) is 7.11 Å². The molecule has 0 radical (unpaired) electrons. The maximum Gasteiger partial charge on any atom is 0.129 e. The van der Waals surface area contributed by atoms with Crippen LogP contribution in [-0.2, 0) is 6.42 Å². The van der Waals surface area contributed by atoms with E-state index in [0.717, 1.165) is 17.0 Å². The lowest BCUT2D eigenvalue weighted by molar-refractivity contribution is 0.416. The first-order valence-corrected chi connectivity index (χ1v) is 5.67. The highest BCUT2D eigenvalue weighted by Crippen LogP contribution is 2.27. The Morgan fingerprint density at radius 3 is 2.89 bits per heavy atom. The molecule has 4 heteroatoms. The van der Waals surface area contributed by atoms with E-state index < -0.39 is 0 Å². The predicted molar refractivity (Wildman–Crippen MR) is 68.0 cm³/mol. The number of para-hydroxylation sites is 1. The Hall–Kier alpha value is -2.41. The molecule has 0 fully saturated rings. The van der Waals surface area contributed by atoms with Crippen LogP contribution in [0.5, 0.6) is 5.75 Å². The summed E-state index contributed by atoms with van der Waals surface area (Å²) in [5.74, 6) is 1.46. The minimum absolute atomic E-state index is 0.426. The molecule has 0 amide bonds. The Morgan fingerprint density at radius 2 is 2.11 bits per heavy atom. The van der Waals surface area contributed by atoms with Gasteiger partial charge in [-0.1, -0.05) is 12.1 Å². The molecule has 2 rings (SSSR count). The van der Waals surface area contributed by atoms with Gasteiger partial charge < -0.3 is 4.74 Å². The molecule has 1 aromatic carbocycles. The van der Waals surface area contributed by atoms with Gasteiger partial charge in [0.15, 0.2) is 0 Å². The summed E-state index contributed by atoms with van der Waals surface area (Å²) in [6.07, 6.45) is 2.70. The molecule has 0 atom stereocenters. The van der Waals surface area contributed by atoms with Gasteiger partial charge in [0.1, 0.15) is 11.6 Å². The molecule has 0 saturated heterocycles. The van der Waals surface area contributed by atoms with Crippen LogP contribution in [0, 0.1) is 11.3 Å². The molecule has 1 heterocycles. The van der Waals surface area contributed by atoms with Crippen molar-refractivity contribution in [2.45, 2.75) is 12.8 Å². The number of hydrogen-bond donors (Lipinski definition) is 0. The lowest BCUT2D eigenvalue weighted by Gasteiger charge is -2.08. The summed E-state index contributed by atoms with van der Waals surface area (Å²) in [7, 11) is 1.64. The van der Waals surface area contributed by atoms with E-state index in [1.807, 2.05) is 30.3 Å². The Bertz CT molecular complexity index is 575. The van der Waals surface area contributed by atoms with E-state index in [2.05, 4.69) is 16.0 Å². The zero-order valence-corrected chi connectivity index (χ0v) is 10.1. The van der Waals surface area contributed by atoms with E-state index in [9.17, 15) is 0 Å². The minimum atomic E-state index is 0.426. The van der Waals surface area contributed by atoms with Gasteiger partial charge in [-0.15, -0.1) is 0 Å². The average molecular weight is 239 g/mol. The summed E-state index contributed by atoms with van der Waals surface area (Å²) in [5, 5.41) is 8.57. The van der Waals surface area contributed by atoms with E-state index in [1.54, 1.807) is 13.3 Å². The smallest absolute Gasteiger partial charge is 0.129 e. The summed E-state index contributed by atoms with van der Waals surface area (Å²) >= 11 is 0. The number of nitriles is 1. The summed E-state index contributed by atoms with van der Waals surface area (Å²) in [4.78, 5) is 8.60. The number of aromatic nitrogens is 2. The van der Waals surface area contributed by atoms with Gasteiger partial charge in [0.05, 0.1) is 18.9 Å². The number of methoxy groups -OCH3 is 1. The number of benzene rings is 1. The topological polar surface area (TPSA) is 58.8 Å². The van der Waals surface area contributed by atoms with Crippen LogP contribution < -0.4 is 4.74 Å². The molecular formula is C14H13N3O. The Labute approximate surface area is 106 Å². The second kappa shape index (κ2) is 5.78. The number of hydrogen-bond acceptors (Lipinski definition) is 4. The van der Waals surface area contributed by atoms with Crippen LogP contribution in [0.4, 0.5) is 0 Å². The van der Waals surface area contributed by atoms with Crippen molar-refractivity contribution in [1.29, 1.82) is 5.26 Å². The zero-order valence-electron chi connectivity index (χ0n) is 10.1. The molecule has 0 aliphatic rings. The third-order valence-electron chi connectivity index (χ3n) is 2.55. The molecule has 4 nitrogen and oxygen atoms in total. The SMILES string of the molecule is COc1ccccc1-c1ccnc(CCC#N)n1. The van der Waals surface area contributed by atoms with Crippen LogP contribution in [0.1, 0.15) is 12.2 Å². The van der Waals surface area contributed by atoms with Crippen LogP contribution >= 0.6 is 0 Å². The molecule has 0 spiro atoms. The van der Waals surface area contributed by atoms with Gasteiger partial charge in [-0.25, -0.2) is 9.97 Å². The summed E-state index contributed by atoms with van der Waals surface area (Å²) in [5.41, 5.74) is 1.75. The van der Waals surface area contributed by atoms with Gasteiger partial charge in [-0.3, -0.25) is 0 Å². The Morgan fingerprint density at radius 1 is 1.28 bits per heavy atom. The van der Waals surface area contributed by atoms with Crippen molar-refractivity contribution < 1.29 is 4.74 Å². The van der Waals surface area contributed by atoms with Crippen LogP contribution in [-0.4, -0.2) is 17.1 Å². The Balaban J connectivity index is 2.36. The summed E-state index contributed by atoms with van der Waals surface area (Å²) in [6.45, 7) is 0. The number of nitrogens with zero attached hydrogens (tertiary/aromatic N) is 3. The normalized spacial score (nSPS) is 9.78. The van der Waals surface area contributed by atoms with E-state index in [0.29, 0.717) is 18.7 Å². The van der Waals surface area contributed by atoms with Crippen molar-refractivity contribution in [1.82, 2.24) is 9.97 Å². The minimum Gasteiger partial charge on any atom is -0.496 e. The van der Waals surface area contributed by atoms with Gasteiger partial charge in [-0.05, 0) is 18.2 Å². The highest BCUT2D eigenvalue weighted by Gasteiger charge is 2.07. The highest BCUT2D eigenvalue weighted by molar-refractivity contribution is 5.66. The zero-order chi connectivity index (χ0) is 12.8. The standard InChI is InChI=1S/C14H13N3O/c1-18-13-6-3-2-5-11(13)12-8-10-16-14(17-12)7-4-9-15/h2-3,5-6,8,10H,4,7H2,1H3. The van der Waals surface area contributed by atoms with Gasteiger partial charge in [0, 0.05) is 24.6 Å². The van der Waals surface area contributed by atoms with E-state index in [1.165, 1.54) is 0 Å². The van der Waals surface area contributed by atoms with Crippen LogP contribution in [0.15, 0.2) is 36.5 Å². The fraction of sp³-hybridized carbons (Fsp3) is 0.214. The Kier molecular flexibility index (Phi) is 3.87. The molecule has 90 valence electrons. The molecule has 1 aromatic heterocycles. The second-order valence-corrected chi connectivity index (χ2v) is 3.72. The maximum absolute atomic E-state index is 8.57. The number of ether oxygens (including phenoxy) is 1. The van der Waals surface area contributed by atoms with Crippen LogP contribution in [0.2, 0.25) is 0 Å².